The Labute approximate surface area is 113 Å². The van der Waals surface area contributed by atoms with Crippen LogP contribution < -0.4 is 4.74 Å². The number of hydrogen-bond donors (Lipinski definition) is 1. The van der Waals surface area contributed by atoms with Gasteiger partial charge in [-0.25, -0.2) is 4.68 Å². The molecule has 0 amide bonds. The lowest BCUT2D eigenvalue weighted by atomic mass is 10.2. The Balaban J connectivity index is 2.02. The minimum absolute atomic E-state index is 0.243. The van der Waals surface area contributed by atoms with Crippen LogP contribution in [0, 0.1) is 0 Å². The summed E-state index contributed by atoms with van der Waals surface area (Å²) in [6.45, 7) is -0.243. The standard InChI is InChI=1S/C11H12N4O3S/c1-18-9-4-2-3-8(5-9)7-19-11-12-13-14-15(11)6-10(16)17/h2-5H,6-7H2,1H3,(H,16,17). The third-order valence-corrected chi connectivity index (χ3v) is 3.31. The van der Waals surface area contributed by atoms with Crippen LogP contribution in [-0.2, 0) is 17.1 Å². The van der Waals surface area contributed by atoms with E-state index in [-0.39, 0.29) is 6.54 Å². The van der Waals surface area contributed by atoms with E-state index < -0.39 is 5.97 Å². The Morgan fingerprint density at radius 1 is 1.53 bits per heavy atom. The molecule has 0 bridgehead atoms. The van der Waals surface area contributed by atoms with Crippen LogP contribution in [0.5, 0.6) is 5.75 Å². The van der Waals surface area contributed by atoms with Crippen LogP contribution in [0.1, 0.15) is 5.56 Å². The zero-order valence-electron chi connectivity index (χ0n) is 10.2. The lowest BCUT2D eigenvalue weighted by Crippen LogP contribution is -2.11. The first kappa shape index (κ1) is 13.3. The van der Waals surface area contributed by atoms with Crippen LogP contribution in [-0.4, -0.2) is 38.4 Å². The zero-order chi connectivity index (χ0) is 13.7. The van der Waals surface area contributed by atoms with Crippen LogP contribution in [0.25, 0.3) is 0 Å². The van der Waals surface area contributed by atoms with Crippen molar-refractivity contribution in [2.75, 3.05) is 7.11 Å². The SMILES string of the molecule is COc1cccc(CSc2nnnn2CC(=O)O)c1. The highest BCUT2D eigenvalue weighted by molar-refractivity contribution is 7.98. The molecule has 0 aliphatic rings. The predicted octanol–water partition coefficient (Wildman–Crippen LogP) is 1.06. The third kappa shape index (κ3) is 3.68. The molecule has 2 rings (SSSR count). The number of carbonyl (C=O) groups is 1. The molecule has 0 saturated heterocycles. The fraction of sp³-hybridized carbons (Fsp3) is 0.273. The maximum atomic E-state index is 10.6. The van der Waals surface area contributed by atoms with Crippen LogP contribution >= 0.6 is 11.8 Å². The number of carboxylic acid groups (broad SMARTS) is 1. The number of hydrogen-bond acceptors (Lipinski definition) is 6. The molecular weight excluding hydrogens is 268 g/mol. The average Bonchev–Trinajstić information content (AvgIpc) is 2.83. The minimum atomic E-state index is -0.976. The molecule has 100 valence electrons. The highest BCUT2D eigenvalue weighted by atomic mass is 32.2. The van der Waals surface area contributed by atoms with Gasteiger partial charge in [-0.2, -0.15) is 0 Å². The first-order valence-electron chi connectivity index (χ1n) is 5.42. The maximum absolute atomic E-state index is 10.6. The number of methoxy groups -OCH3 is 1. The summed E-state index contributed by atoms with van der Waals surface area (Å²) in [4.78, 5) is 10.6. The van der Waals surface area contributed by atoms with Crippen molar-refractivity contribution in [3.63, 3.8) is 0 Å². The van der Waals surface area contributed by atoms with E-state index in [2.05, 4.69) is 15.5 Å². The summed E-state index contributed by atoms with van der Waals surface area (Å²) in [5.41, 5.74) is 1.05. The fourth-order valence-electron chi connectivity index (χ4n) is 1.44. The molecule has 19 heavy (non-hydrogen) atoms. The van der Waals surface area contributed by atoms with E-state index >= 15 is 0 Å². The molecule has 0 fully saturated rings. The number of rotatable bonds is 6. The van der Waals surface area contributed by atoms with Crippen LogP contribution in [0.2, 0.25) is 0 Å². The quantitative estimate of drug-likeness (QED) is 0.791. The molecule has 1 aromatic heterocycles. The Morgan fingerprint density at radius 3 is 3.11 bits per heavy atom. The summed E-state index contributed by atoms with van der Waals surface area (Å²) in [7, 11) is 1.61. The van der Waals surface area contributed by atoms with E-state index in [0.29, 0.717) is 10.9 Å². The Kier molecular flexibility index (Phi) is 4.35. The Bertz CT molecular complexity index is 573. The van der Waals surface area contributed by atoms with Crippen molar-refractivity contribution in [2.45, 2.75) is 17.5 Å². The maximum Gasteiger partial charge on any atom is 0.325 e. The lowest BCUT2D eigenvalue weighted by Gasteiger charge is -2.04. The number of carboxylic acids is 1. The zero-order valence-corrected chi connectivity index (χ0v) is 11.0. The van der Waals surface area contributed by atoms with Gasteiger partial charge in [0.25, 0.3) is 0 Å². The van der Waals surface area contributed by atoms with Gasteiger partial charge < -0.3 is 9.84 Å². The van der Waals surface area contributed by atoms with Gasteiger partial charge in [-0.3, -0.25) is 4.79 Å². The summed E-state index contributed by atoms with van der Waals surface area (Å²) in [6, 6.07) is 7.64. The first-order chi connectivity index (χ1) is 9.19. The highest BCUT2D eigenvalue weighted by Crippen LogP contribution is 2.22. The largest absolute Gasteiger partial charge is 0.497 e. The normalized spacial score (nSPS) is 10.4. The number of nitrogens with zero attached hydrogens (tertiary/aromatic N) is 4. The van der Waals surface area contributed by atoms with Crippen LogP contribution in [0.4, 0.5) is 0 Å². The molecule has 1 aromatic carbocycles. The molecule has 0 aliphatic carbocycles. The van der Waals surface area contributed by atoms with Gasteiger partial charge >= 0.3 is 5.97 Å². The fourth-order valence-corrected chi connectivity index (χ4v) is 2.26. The average molecular weight is 280 g/mol. The number of benzene rings is 1. The van der Waals surface area contributed by atoms with Crippen LogP contribution in [0.15, 0.2) is 29.4 Å². The molecule has 7 nitrogen and oxygen atoms in total. The molecule has 2 aromatic rings. The molecule has 0 unspecified atom stereocenters. The van der Waals surface area contributed by atoms with Gasteiger partial charge in [0, 0.05) is 5.75 Å². The molecule has 1 N–H and O–H groups in total. The summed E-state index contributed by atoms with van der Waals surface area (Å²) in [5.74, 6) is 0.441. The van der Waals surface area contributed by atoms with Gasteiger partial charge in [-0.1, -0.05) is 23.9 Å². The van der Waals surface area contributed by atoms with Crippen molar-refractivity contribution in [1.29, 1.82) is 0 Å². The van der Waals surface area contributed by atoms with Crippen molar-refractivity contribution in [3.05, 3.63) is 29.8 Å². The third-order valence-electron chi connectivity index (χ3n) is 2.29. The van der Waals surface area contributed by atoms with Crippen LogP contribution in [0.3, 0.4) is 0 Å². The van der Waals surface area contributed by atoms with Gasteiger partial charge in [0.05, 0.1) is 7.11 Å². The van der Waals surface area contributed by atoms with E-state index in [1.165, 1.54) is 16.4 Å². The Hall–Kier alpha value is -2.09. The molecular formula is C11H12N4O3S. The van der Waals surface area contributed by atoms with Crippen molar-refractivity contribution in [1.82, 2.24) is 20.2 Å². The second-order valence-corrected chi connectivity index (χ2v) is 4.60. The van der Waals surface area contributed by atoms with E-state index in [4.69, 9.17) is 9.84 Å². The first-order valence-corrected chi connectivity index (χ1v) is 6.41. The monoisotopic (exact) mass is 280 g/mol. The molecule has 0 aliphatic heterocycles. The van der Waals surface area contributed by atoms with Crippen molar-refractivity contribution < 1.29 is 14.6 Å². The lowest BCUT2D eigenvalue weighted by molar-refractivity contribution is -0.138. The van der Waals surface area contributed by atoms with E-state index in [1.807, 2.05) is 24.3 Å². The summed E-state index contributed by atoms with van der Waals surface area (Å²) in [6.07, 6.45) is 0. The molecule has 0 saturated carbocycles. The van der Waals surface area contributed by atoms with E-state index in [0.717, 1.165) is 11.3 Å². The smallest absolute Gasteiger partial charge is 0.325 e. The molecule has 0 atom stereocenters. The number of tetrazole rings is 1. The van der Waals surface area contributed by atoms with Gasteiger partial charge in [-0.15, -0.1) is 5.10 Å². The number of aliphatic carboxylic acids is 1. The molecule has 1 heterocycles. The number of thioether (sulfide) groups is 1. The number of aromatic nitrogens is 4. The second kappa shape index (κ2) is 6.19. The minimum Gasteiger partial charge on any atom is -0.497 e. The van der Waals surface area contributed by atoms with Gasteiger partial charge in [-0.05, 0) is 28.1 Å². The summed E-state index contributed by atoms with van der Waals surface area (Å²) in [5, 5.41) is 20.1. The predicted molar refractivity (Wildman–Crippen MR) is 68.0 cm³/mol. The van der Waals surface area contributed by atoms with Gasteiger partial charge in [0.1, 0.15) is 12.3 Å². The van der Waals surface area contributed by atoms with E-state index in [1.54, 1.807) is 7.11 Å². The molecule has 0 spiro atoms. The van der Waals surface area contributed by atoms with Gasteiger partial charge in [0.15, 0.2) is 0 Å². The van der Waals surface area contributed by atoms with Crippen molar-refractivity contribution in [3.8, 4) is 5.75 Å². The van der Waals surface area contributed by atoms with Gasteiger partial charge in [0.2, 0.25) is 5.16 Å². The molecule has 8 heteroatoms. The van der Waals surface area contributed by atoms with Crippen molar-refractivity contribution >= 4 is 17.7 Å². The summed E-state index contributed by atoms with van der Waals surface area (Å²) >= 11 is 1.38. The number of ether oxygens (including phenoxy) is 1. The molecule has 0 radical (unpaired) electrons. The van der Waals surface area contributed by atoms with Crippen molar-refractivity contribution in [2.24, 2.45) is 0 Å². The topological polar surface area (TPSA) is 90.1 Å². The Morgan fingerprint density at radius 2 is 2.37 bits per heavy atom. The summed E-state index contributed by atoms with van der Waals surface area (Å²) < 4.78 is 6.39. The second-order valence-electron chi connectivity index (χ2n) is 3.65. The van der Waals surface area contributed by atoms with E-state index in [9.17, 15) is 4.79 Å². The highest BCUT2D eigenvalue weighted by Gasteiger charge is 2.10.